The lowest BCUT2D eigenvalue weighted by Gasteiger charge is -2.20. The van der Waals surface area contributed by atoms with Gasteiger partial charge in [0.1, 0.15) is 5.82 Å². The van der Waals surface area contributed by atoms with Crippen molar-refractivity contribution < 1.29 is 14.7 Å². The summed E-state index contributed by atoms with van der Waals surface area (Å²) in [7, 11) is 1.70. The van der Waals surface area contributed by atoms with Gasteiger partial charge in [0.2, 0.25) is 5.91 Å². The highest BCUT2D eigenvalue weighted by Crippen LogP contribution is 2.26. The van der Waals surface area contributed by atoms with Gasteiger partial charge in [0.15, 0.2) is 5.69 Å². The molecule has 0 bridgehead atoms. The van der Waals surface area contributed by atoms with Crippen molar-refractivity contribution >= 4 is 17.6 Å². The summed E-state index contributed by atoms with van der Waals surface area (Å²) in [5.41, 5.74) is 1.23. The molecular formula is C20H26N4O3. The predicted octanol–water partition coefficient (Wildman–Crippen LogP) is 2.18. The molecule has 2 N–H and O–H groups in total. The number of hydrogen-bond donors (Lipinski definition) is 2. The zero-order valence-corrected chi connectivity index (χ0v) is 15.6. The van der Waals surface area contributed by atoms with Crippen LogP contribution in [0.2, 0.25) is 0 Å². The van der Waals surface area contributed by atoms with Crippen molar-refractivity contribution in [2.24, 2.45) is 13.0 Å². The fourth-order valence-corrected chi connectivity index (χ4v) is 3.44. The minimum Gasteiger partial charge on any atom is -0.395 e. The van der Waals surface area contributed by atoms with E-state index in [1.54, 1.807) is 18.0 Å². The number of amides is 2. The van der Waals surface area contributed by atoms with Crippen LogP contribution in [0.5, 0.6) is 0 Å². The van der Waals surface area contributed by atoms with Crippen LogP contribution in [-0.2, 0) is 18.4 Å². The summed E-state index contributed by atoms with van der Waals surface area (Å²) in [6.45, 7) is 0.478. The molecule has 0 spiro atoms. The molecule has 3 rings (SSSR count). The molecule has 1 aliphatic carbocycles. The lowest BCUT2D eigenvalue weighted by Crippen LogP contribution is -2.33. The first kappa shape index (κ1) is 19.1. The number of carbonyl (C=O) groups excluding carboxylic acids is 2. The third kappa shape index (κ3) is 4.74. The number of nitrogens with zero attached hydrogens (tertiary/aromatic N) is 3. The van der Waals surface area contributed by atoms with Crippen LogP contribution in [0.1, 0.15) is 41.7 Å². The molecule has 2 amide bonds. The van der Waals surface area contributed by atoms with Gasteiger partial charge in [-0.1, -0.05) is 43.2 Å². The fraction of sp³-hybridized carbons (Fsp3) is 0.450. The van der Waals surface area contributed by atoms with Gasteiger partial charge in [-0.2, -0.15) is 5.10 Å². The number of aliphatic hydroxyl groups excluding tert-OH is 1. The Labute approximate surface area is 159 Å². The van der Waals surface area contributed by atoms with Crippen LogP contribution < -0.4 is 5.32 Å². The SMILES string of the molecule is Cn1nc(C(=O)N(CCO)Cc2ccccc2)cc1NC(=O)C1CCCC1. The lowest BCUT2D eigenvalue weighted by molar-refractivity contribution is -0.119. The van der Waals surface area contributed by atoms with E-state index in [0.29, 0.717) is 12.4 Å². The molecule has 1 fully saturated rings. The Morgan fingerprint density at radius 1 is 1.26 bits per heavy atom. The van der Waals surface area contributed by atoms with Gasteiger partial charge < -0.3 is 15.3 Å². The number of aryl methyl sites for hydroxylation is 1. The molecular weight excluding hydrogens is 344 g/mol. The Bertz CT molecular complexity index is 782. The van der Waals surface area contributed by atoms with E-state index in [4.69, 9.17) is 0 Å². The maximum Gasteiger partial charge on any atom is 0.274 e. The minimum absolute atomic E-state index is 0.00833. The highest BCUT2D eigenvalue weighted by Gasteiger charge is 2.25. The second kappa shape index (κ2) is 8.81. The van der Waals surface area contributed by atoms with Crippen LogP contribution in [0.4, 0.5) is 5.82 Å². The van der Waals surface area contributed by atoms with Gasteiger partial charge in [-0.15, -0.1) is 0 Å². The molecule has 1 aromatic heterocycles. The predicted molar refractivity (Wildman–Crippen MR) is 102 cm³/mol. The van der Waals surface area contributed by atoms with E-state index in [1.165, 1.54) is 4.68 Å². The van der Waals surface area contributed by atoms with Crippen molar-refractivity contribution in [1.82, 2.24) is 14.7 Å². The molecule has 0 saturated heterocycles. The Morgan fingerprint density at radius 3 is 2.63 bits per heavy atom. The van der Waals surface area contributed by atoms with Gasteiger partial charge in [-0.05, 0) is 18.4 Å². The van der Waals surface area contributed by atoms with Gasteiger partial charge >= 0.3 is 0 Å². The van der Waals surface area contributed by atoms with Gasteiger partial charge in [-0.25, -0.2) is 0 Å². The molecule has 1 saturated carbocycles. The molecule has 2 aromatic rings. The molecule has 0 radical (unpaired) electrons. The monoisotopic (exact) mass is 370 g/mol. The van der Waals surface area contributed by atoms with E-state index < -0.39 is 0 Å². The maximum atomic E-state index is 12.9. The van der Waals surface area contributed by atoms with Crippen molar-refractivity contribution in [3.05, 3.63) is 47.7 Å². The molecule has 27 heavy (non-hydrogen) atoms. The number of hydrogen-bond acceptors (Lipinski definition) is 4. The highest BCUT2D eigenvalue weighted by molar-refractivity contribution is 5.96. The van der Waals surface area contributed by atoms with Gasteiger partial charge in [0.25, 0.3) is 5.91 Å². The number of carbonyl (C=O) groups is 2. The summed E-state index contributed by atoms with van der Waals surface area (Å²) in [4.78, 5) is 26.8. The van der Waals surface area contributed by atoms with Crippen LogP contribution in [-0.4, -0.2) is 44.8 Å². The van der Waals surface area contributed by atoms with E-state index in [1.807, 2.05) is 30.3 Å². The zero-order chi connectivity index (χ0) is 19.2. The molecule has 1 heterocycles. The summed E-state index contributed by atoms with van der Waals surface area (Å²) in [5.74, 6) is 0.276. The Kier molecular flexibility index (Phi) is 6.24. The van der Waals surface area contributed by atoms with E-state index in [0.717, 1.165) is 31.2 Å². The van der Waals surface area contributed by atoms with Crippen LogP contribution in [0.3, 0.4) is 0 Å². The summed E-state index contributed by atoms with van der Waals surface area (Å²) in [6.07, 6.45) is 4.00. The molecule has 0 aliphatic heterocycles. The zero-order valence-electron chi connectivity index (χ0n) is 15.6. The highest BCUT2D eigenvalue weighted by atomic mass is 16.3. The van der Waals surface area contributed by atoms with Crippen LogP contribution >= 0.6 is 0 Å². The van der Waals surface area contributed by atoms with Gasteiger partial charge in [0, 0.05) is 32.1 Å². The number of aliphatic hydroxyl groups is 1. The molecule has 0 atom stereocenters. The number of rotatable bonds is 7. The van der Waals surface area contributed by atoms with E-state index >= 15 is 0 Å². The largest absolute Gasteiger partial charge is 0.395 e. The van der Waals surface area contributed by atoms with Gasteiger partial charge in [0.05, 0.1) is 6.61 Å². The van der Waals surface area contributed by atoms with Crippen LogP contribution in [0, 0.1) is 5.92 Å². The standard InChI is InChI=1S/C20H26N4O3/c1-23-18(21-19(26)16-9-5-6-10-16)13-17(22-23)20(27)24(11-12-25)14-15-7-3-2-4-8-15/h2-4,7-8,13,16,25H,5-6,9-12,14H2,1H3,(H,21,26). The molecule has 144 valence electrons. The quantitative estimate of drug-likeness (QED) is 0.782. The second-order valence-corrected chi connectivity index (χ2v) is 6.94. The molecule has 7 nitrogen and oxygen atoms in total. The molecule has 1 aliphatic rings. The third-order valence-electron chi connectivity index (χ3n) is 4.95. The lowest BCUT2D eigenvalue weighted by atomic mass is 10.1. The minimum atomic E-state index is -0.273. The average Bonchev–Trinajstić information content (AvgIpc) is 3.32. The number of benzene rings is 1. The number of aromatic nitrogens is 2. The fourth-order valence-electron chi connectivity index (χ4n) is 3.44. The smallest absolute Gasteiger partial charge is 0.274 e. The van der Waals surface area contributed by atoms with E-state index in [-0.39, 0.29) is 36.6 Å². The molecule has 1 aromatic carbocycles. The summed E-state index contributed by atoms with van der Waals surface area (Å²) < 4.78 is 1.51. The Morgan fingerprint density at radius 2 is 1.96 bits per heavy atom. The first-order valence-electron chi connectivity index (χ1n) is 9.37. The second-order valence-electron chi connectivity index (χ2n) is 6.94. The van der Waals surface area contributed by atoms with Gasteiger partial charge in [-0.3, -0.25) is 14.3 Å². The number of nitrogens with one attached hydrogen (secondary N) is 1. The van der Waals surface area contributed by atoms with E-state index in [9.17, 15) is 14.7 Å². The maximum absolute atomic E-state index is 12.9. The van der Waals surface area contributed by atoms with Crippen LogP contribution in [0.15, 0.2) is 36.4 Å². The first-order chi connectivity index (χ1) is 13.1. The Hall–Kier alpha value is -2.67. The Balaban J connectivity index is 1.71. The summed E-state index contributed by atoms with van der Waals surface area (Å²) in [5, 5.41) is 16.5. The third-order valence-corrected chi connectivity index (χ3v) is 4.95. The van der Waals surface area contributed by atoms with Crippen molar-refractivity contribution in [2.45, 2.75) is 32.2 Å². The van der Waals surface area contributed by atoms with Crippen molar-refractivity contribution in [3.8, 4) is 0 Å². The summed E-state index contributed by atoms with van der Waals surface area (Å²) in [6, 6.07) is 11.2. The topological polar surface area (TPSA) is 87.5 Å². The average molecular weight is 370 g/mol. The van der Waals surface area contributed by atoms with Crippen molar-refractivity contribution in [3.63, 3.8) is 0 Å². The van der Waals surface area contributed by atoms with Crippen LogP contribution in [0.25, 0.3) is 0 Å². The van der Waals surface area contributed by atoms with E-state index in [2.05, 4.69) is 10.4 Å². The first-order valence-corrected chi connectivity index (χ1v) is 9.37. The normalized spacial score (nSPS) is 14.3. The molecule has 7 heteroatoms. The van der Waals surface area contributed by atoms with Crippen molar-refractivity contribution in [1.29, 1.82) is 0 Å². The molecule has 0 unspecified atom stereocenters. The number of anilines is 1. The van der Waals surface area contributed by atoms with Crippen molar-refractivity contribution in [2.75, 3.05) is 18.5 Å². The summed E-state index contributed by atoms with van der Waals surface area (Å²) >= 11 is 0.